The van der Waals surface area contributed by atoms with Crippen LogP contribution in [0.25, 0.3) is 0 Å². The Bertz CT molecular complexity index is 615. The second-order valence-corrected chi connectivity index (χ2v) is 8.97. The second kappa shape index (κ2) is 5.52. The van der Waals surface area contributed by atoms with Gasteiger partial charge in [0, 0.05) is 11.1 Å². The van der Waals surface area contributed by atoms with Gasteiger partial charge in [0.1, 0.15) is 11.7 Å². The third-order valence-electron chi connectivity index (χ3n) is 6.61. The zero-order valence-corrected chi connectivity index (χ0v) is 15.2. The number of hydrogen-bond donors (Lipinski definition) is 3. The second-order valence-electron chi connectivity index (χ2n) is 8.97. The quantitative estimate of drug-likeness (QED) is 0.688. The highest BCUT2D eigenvalue weighted by molar-refractivity contribution is 6.06. The highest BCUT2D eigenvalue weighted by Crippen LogP contribution is 2.55. The molecular weight excluding hydrogens is 304 g/mol. The Morgan fingerprint density at radius 1 is 1.17 bits per heavy atom. The van der Waals surface area contributed by atoms with E-state index < -0.39 is 17.3 Å². The molecule has 4 nitrogen and oxygen atoms in total. The molecule has 0 spiro atoms. The molecule has 24 heavy (non-hydrogen) atoms. The summed E-state index contributed by atoms with van der Waals surface area (Å²) < 4.78 is 0. The zero-order chi connectivity index (χ0) is 17.9. The van der Waals surface area contributed by atoms with Gasteiger partial charge in [-0.1, -0.05) is 27.7 Å². The molecule has 0 heterocycles. The van der Waals surface area contributed by atoms with Crippen LogP contribution in [0.4, 0.5) is 0 Å². The molecule has 0 aliphatic heterocycles. The first kappa shape index (κ1) is 17.8. The van der Waals surface area contributed by atoms with E-state index in [1.54, 1.807) is 6.08 Å². The third kappa shape index (κ3) is 2.51. The van der Waals surface area contributed by atoms with Gasteiger partial charge in [0.05, 0.1) is 5.60 Å². The van der Waals surface area contributed by atoms with Crippen molar-refractivity contribution in [1.29, 1.82) is 0 Å². The molecule has 0 amide bonds. The van der Waals surface area contributed by atoms with E-state index in [1.807, 2.05) is 13.8 Å². The Hall–Kier alpha value is -0.970. The molecule has 0 bridgehead atoms. The lowest BCUT2D eigenvalue weighted by atomic mass is 9.58. The lowest BCUT2D eigenvalue weighted by molar-refractivity contribution is -0.155. The minimum atomic E-state index is -1.34. The predicted molar refractivity (Wildman–Crippen MR) is 92.3 cm³/mol. The molecule has 3 aliphatic rings. The van der Waals surface area contributed by atoms with Gasteiger partial charge in [-0.15, -0.1) is 0 Å². The number of hydrogen-bond acceptors (Lipinski definition) is 4. The van der Waals surface area contributed by atoms with E-state index in [9.17, 15) is 20.1 Å². The van der Waals surface area contributed by atoms with Crippen molar-refractivity contribution in [2.45, 2.75) is 77.1 Å². The average Bonchev–Trinajstić information content (AvgIpc) is 2.54. The standard InChI is InChI=1S/C20H30O4/c1-12(2)13-11-19(23)9-6-16-18(3,4)7-5-8-20(16,24)17(22)14(19)10-15(13)21/h10-12,16-17,22-24H,5-9H2,1-4H3. The first-order valence-corrected chi connectivity index (χ1v) is 9.13. The fraction of sp³-hybridized carbons (Fsp3) is 0.750. The van der Waals surface area contributed by atoms with Gasteiger partial charge in [-0.05, 0) is 61.5 Å². The van der Waals surface area contributed by atoms with Crippen LogP contribution in [0.3, 0.4) is 0 Å². The molecule has 3 rings (SSSR count). The molecule has 4 unspecified atom stereocenters. The van der Waals surface area contributed by atoms with E-state index in [0.717, 1.165) is 12.8 Å². The van der Waals surface area contributed by atoms with Crippen LogP contribution in [0.15, 0.2) is 23.3 Å². The summed E-state index contributed by atoms with van der Waals surface area (Å²) in [6.07, 6.45) is 5.20. The summed E-state index contributed by atoms with van der Waals surface area (Å²) in [6.45, 7) is 8.11. The minimum absolute atomic E-state index is 0.0153. The molecule has 0 saturated heterocycles. The van der Waals surface area contributed by atoms with E-state index in [1.165, 1.54) is 6.08 Å². The van der Waals surface area contributed by atoms with E-state index in [2.05, 4.69) is 13.8 Å². The monoisotopic (exact) mass is 334 g/mol. The maximum absolute atomic E-state index is 12.4. The van der Waals surface area contributed by atoms with E-state index in [4.69, 9.17) is 0 Å². The van der Waals surface area contributed by atoms with Gasteiger partial charge in [-0.2, -0.15) is 0 Å². The lowest BCUT2D eigenvalue weighted by Crippen LogP contribution is -2.56. The molecule has 0 aromatic rings. The van der Waals surface area contributed by atoms with E-state index in [-0.39, 0.29) is 28.6 Å². The SMILES string of the molecule is CC(C)C1=CC2(O)CCC3C(C)(C)CCCC3(O)C(O)C2=CC1=O. The first-order valence-electron chi connectivity index (χ1n) is 9.13. The Morgan fingerprint density at radius 2 is 1.83 bits per heavy atom. The van der Waals surface area contributed by atoms with Crippen molar-refractivity contribution >= 4 is 5.78 Å². The molecule has 0 radical (unpaired) electrons. The van der Waals surface area contributed by atoms with Gasteiger partial charge in [-0.25, -0.2) is 0 Å². The number of aliphatic hydroxyl groups excluding tert-OH is 1. The van der Waals surface area contributed by atoms with Crippen molar-refractivity contribution in [3.8, 4) is 0 Å². The molecule has 134 valence electrons. The number of aliphatic hydroxyl groups is 3. The lowest BCUT2D eigenvalue weighted by Gasteiger charge is -2.51. The van der Waals surface area contributed by atoms with Gasteiger partial charge in [-0.3, -0.25) is 4.79 Å². The summed E-state index contributed by atoms with van der Waals surface area (Å²) in [5, 5.41) is 33.6. The molecule has 4 atom stereocenters. The fourth-order valence-corrected chi connectivity index (χ4v) is 5.20. The van der Waals surface area contributed by atoms with Crippen molar-refractivity contribution in [1.82, 2.24) is 0 Å². The van der Waals surface area contributed by atoms with Gasteiger partial charge in [0.25, 0.3) is 0 Å². The first-order chi connectivity index (χ1) is 11.0. The molecule has 3 aliphatic carbocycles. The largest absolute Gasteiger partial charge is 0.387 e. The van der Waals surface area contributed by atoms with Crippen LogP contribution in [-0.4, -0.2) is 38.4 Å². The summed E-state index contributed by atoms with van der Waals surface area (Å²) >= 11 is 0. The van der Waals surface area contributed by atoms with Gasteiger partial charge in [0.15, 0.2) is 5.78 Å². The van der Waals surface area contributed by atoms with Gasteiger partial charge in [0.2, 0.25) is 0 Å². The van der Waals surface area contributed by atoms with Crippen LogP contribution in [0.1, 0.15) is 59.8 Å². The van der Waals surface area contributed by atoms with Crippen LogP contribution in [-0.2, 0) is 4.79 Å². The van der Waals surface area contributed by atoms with Crippen molar-refractivity contribution < 1.29 is 20.1 Å². The van der Waals surface area contributed by atoms with Crippen molar-refractivity contribution in [2.24, 2.45) is 17.3 Å². The zero-order valence-electron chi connectivity index (χ0n) is 15.2. The molecule has 4 heteroatoms. The van der Waals surface area contributed by atoms with Crippen LogP contribution >= 0.6 is 0 Å². The molecular formula is C20H30O4. The number of carbonyl (C=O) groups is 1. The number of carbonyl (C=O) groups excluding carboxylic acids is 1. The summed E-state index contributed by atoms with van der Waals surface area (Å²) in [6, 6.07) is 0. The van der Waals surface area contributed by atoms with Crippen LogP contribution in [0.5, 0.6) is 0 Å². The summed E-state index contributed by atoms with van der Waals surface area (Å²) in [5.74, 6) is -0.252. The predicted octanol–water partition coefficient (Wildman–Crippen LogP) is 2.52. The molecule has 0 aromatic heterocycles. The van der Waals surface area contributed by atoms with Crippen molar-refractivity contribution in [3.63, 3.8) is 0 Å². The van der Waals surface area contributed by atoms with Crippen LogP contribution in [0, 0.1) is 17.3 Å². The highest BCUT2D eigenvalue weighted by atomic mass is 16.3. The highest BCUT2D eigenvalue weighted by Gasteiger charge is 2.58. The Morgan fingerprint density at radius 3 is 2.46 bits per heavy atom. The third-order valence-corrected chi connectivity index (χ3v) is 6.61. The average molecular weight is 334 g/mol. The summed E-state index contributed by atoms with van der Waals surface area (Å²) in [7, 11) is 0. The number of ketones is 1. The minimum Gasteiger partial charge on any atom is -0.387 e. The molecule has 0 aromatic carbocycles. The summed E-state index contributed by atoms with van der Waals surface area (Å²) in [4.78, 5) is 12.4. The smallest absolute Gasteiger partial charge is 0.182 e. The van der Waals surface area contributed by atoms with Crippen molar-refractivity contribution in [3.05, 3.63) is 23.3 Å². The van der Waals surface area contributed by atoms with Gasteiger partial charge < -0.3 is 15.3 Å². The normalized spacial score (nSPS) is 41.9. The Kier molecular flexibility index (Phi) is 4.10. The molecule has 2 fully saturated rings. The van der Waals surface area contributed by atoms with Crippen LogP contribution < -0.4 is 0 Å². The van der Waals surface area contributed by atoms with Crippen LogP contribution in [0.2, 0.25) is 0 Å². The number of allylic oxidation sites excluding steroid dienone is 2. The van der Waals surface area contributed by atoms with Crippen molar-refractivity contribution in [2.75, 3.05) is 0 Å². The van der Waals surface area contributed by atoms with Gasteiger partial charge >= 0.3 is 0 Å². The Labute approximate surface area is 144 Å². The topological polar surface area (TPSA) is 77.8 Å². The fourth-order valence-electron chi connectivity index (χ4n) is 5.20. The van der Waals surface area contributed by atoms with E-state index in [0.29, 0.717) is 24.8 Å². The number of fused-ring (bicyclic) bond motifs is 2. The summed E-state index contributed by atoms with van der Waals surface area (Å²) in [5.41, 5.74) is -1.85. The maximum Gasteiger partial charge on any atom is 0.182 e. The van der Waals surface area contributed by atoms with E-state index >= 15 is 0 Å². The maximum atomic E-state index is 12.4. The Balaban J connectivity index is 2.09. The molecule has 3 N–H and O–H groups in total. The molecule has 2 saturated carbocycles. The number of rotatable bonds is 1.